The molecule has 2 aliphatic rings. The Morgan fingerprint density at radius 3 is 3.00 bits per heavy atom. The molecule has 0 saturated carbocycles. The van der Waals surface area contributed by atoms with Gasteiger partial charge < -0.3 is 5.32 Å². The Morgan fingerprint density at radius 1 is 1.27 bits per heavy atom. The van der Waals surface area contributed by atoms with E-state index in [1.807, 2.05) is 0 Å². The van der Waals surface area contributed by atoms with Crippen LogP contribution in [0.4, 0.5) is 0 Å². The fourth-order valence-electron chi connectivity index (χ4n) is 3.17. The molecule has 2 unspecified atom stereocenters. The zero-order valence-corrected chi connectivity index (χ0v) is 9.64. The van der Waals surface area contributed by atoms with Gasteiger partial charge in [0.15, 0.2) is 0 Å². The average molecular weight is 201 g/mol. The topological polar surface area (TPSA) is 12.0 Å². The molecular formula is C14H19N. The molecule has 15 heavy (non-hydrogen) atoms. The second-order valence-corrected chi connectivity index (χ2v) is 5.25. The van der Waals surface area contributed by atoms with Gasteiger partial charge in [0, 0.05) is 12.6 Å². The van der Waals surface area contributed by atoms with Crippen LogP contribution in [0, 0.1) is 12.8 Å². The van der Waals surface area contributed by atoms with Gasteiger partial charge >= 0.3 is 0 Å². The molecule has 1 N–H and O–H groups in total. The highest BCUT2D eigenvalue weighted by Crippen LogP contribution is 2.38. The molecule has 2 atom stereocenters. The van der Waals surface area contributed by atoms with E-state index in [2.05, 4.69) is 31.3 Å². The van der Waals surface area contributed by atoms with Gasteiger partial charge in [-0.15, -0.1) is 0 Å². The Balaban J connectivity index is 2.15. The van der Waals surface area contributed by atoms with Crippen molar-refractivity contribution in [2.24, 2.45) is 5.92 Å². The van der Waals surface area contributed by atoms with E-state index in [4.69, 9.17) is 0 Å². The van der Waals surface area contributed by atoms with Crippen LogP contribution in [0.5, 0.6) is 0 Å². The van der Waals surface area contributed by atoms with Crippen LogP contribution in [0.3, 0.4) is 0 Å². The van der Waals surface area contributed by atoms with Gasteiger partial charge in [0.2, 0.25) is 0 Å². The lowest BCUT2D eigenvalue weighted by molar-refractivity contribution is 0.462. The molecule has 1 aromatic carbocycles. The maximum absolute atomic E-state index is 3.67. The third-order valence-corrected chi connectivity index (χ3v) is 4.07. The van der Waals surface area contributed by atoms with Crippen LogP contribution < -0.4 is 5.32 Å². The van der Waals surface area contributed by atoms with Gasteiger partial charge in [0.25, 0.3) is 0 Å². The summed E-state index contributed by atoms with van der Waals surface area (Å²) in [5.74, 6) is 0.851. The Morgan fingerprint density at radius 2 is 2.13 bits per heavy atom. The third-order valence-electron chi connectivity index (χ3n) is 4.07. The zero-order valence-electron chi connectivity index (χ0n) is 9.64. The molecule has 0 bridgehead atoms. The van der Waals surface area contributed by atoms with Crippen molar-refractivity contribution in [3.63, 3.8) is 0 Å². The summed E-state index contributed by atoms with van der Waals surface area (Å²) in [6, 6.07) is 5.31. The highest BCUT2D eigenvalue weighted by molar-refractivity contribution is 5.46. The molecule has 3 rings (SSSR count). The molecule has 0 spiro atoms. The molecular weight excluding hydrogens is 182 g/mol. The SMILES string of the molecule is Cc1ccc2c3c1CNC3CCC(C)C2. The number of hydrogen-bond donors (Lipinski definition) is 1. The second kappa shape index (κ2) is 3.34. The van der Waals surface area contributed by atoms with Crippen LogP contribution in [0.15, 0.2) is 12.1 Å². The fraction of sp³-hybridized carbons (Fsp3) is 0.571. The predicted octanol–water partition coefficient (Wildman–Crippen LogP) is 3.11. The van der Waals surface area contributed by atoms with Crippen molar-refractivity contribution in [3.8, 4) is 0 Å². The molecule has 80 valence electrons. The van der Waals surface area contributed by atoms with E-state index in [9.17, 15) is 0 Å². The molecule has 1 aliphatic heterocycles. The summed E-state index contributed by atoms with van der Waals surface area (Å²) >= 11 is 0. The van der Waals surface area contributed by atoms with Gasteiger partial charge in [-0.05, 0) is 54.4 Å². The van der Waals surface area contributed by atoms with E-state index in [0.717, 1.165) is 12.5 Å². The number of aryl methyl sites for hydroxylation is 1. The summed E-state index contributed by atoms with van der Waals surface area (Å²) < 4.78 is 0. The summed E-state index contributed by atoms with van der Waals surface area (Å²) in [5.41, 5.74) is 6.32. The molecule has 1 aromatic rings. The average Bonchev–Trinajstić information content (AvgIpc) is 2.57. The molecule has 1 heterocycles. The molecule has 0 fully saturated rings. The first-order chi connectivity index (χ1) is 7.25. The number of rotatable bonds is 0. The molecule has 1 aliphatic carbocycles. The Hall–Kier alpha value is -0.820. The van der Waals surface area contributed by atoms with Crippen molar-refractivity contribution in [3.05, 3.63) is 34.4 Å². The number of nitrogens with one attached hydrogen (secondary N) is 1. The fourth-order valence-corrected chi connectivity index (χ4v) is 3.17. The predicted molar refractivity (Wildman–Crippen MR) is 62.9 cm³/mol. The minimum atomic E-state index is 0.653. The Kier molecular flexibility index (Phi) is 2.10. The number of benzene rings is 1. The maximum atomic E-state index is 3.67. The Bertz CT molecular complexity index is 395. The molecule has 0 aromatic heterocycles. The summed E-state index contributed by atoms with van der Waals surface area (Å²) in [6.07, 6.45) is 3.97. The van der Waals surface area contributed by atoms with E-state index in [1.54, 1.807) is 16.7 Å². The summed E-state index contributed by atoms with van der Waals surface area (Å²) in [6.45, 7) is 5.72. The van der Waals surface area contributed by atoms with Gasteiger partial charge in [-0.25, -0.2) is 0 Å². The lowest BCUT2D eigenvalue weighted by atomic mass is 9.93. The third kappa shape index (κ3) is 1.41. The largest absolute Gasteiger partial charge is 0.306 e. The van der Waals surface area contributed by atoms with Crippen LogP contribution in [-0.4, -0.2) is 0 Å². The summed E-state index contributed by atoms with van der Waals surface area (Å²) in [5, 5.41) is 3.67. The van der Waals surface area contributed by atoms with E-state index >= 15 is 0 Å². The van der Waals surface area contributed by atoms with Gasteiger partial charge in [-0.2, -0.15) is 0 Å². The number of hydrogen-bond acceptors (Lipinski definition) is 1. The normalized spacial score (nSPS) is 28.7. The van der Waals surface area contributed by atoms with Crippen LogP contribution in [0.2, 0.25) is 0 Å². The van der Waals surface area contributed by atoms with Crippen LogP contribution in [0.1, 0.15) is 48.1 Å². The van der Waals surface area contributed by atoms with Crippen LogP contribution in [-0.2, 0) is 13.0 Å². The van der Waals surface area contributed by atoms with Crippen molar-refractivity contribution in [1.82, 2.24) is 5.32 Å². The second-order valence-electron chi connectivity index (χ2n) is 5.25. The molecule has 0 radical (unpaired) electrons. The van der Waals surface area contributed by atoms with Crippen molar-refractivity contribution >= 4 is 0 Å². The van der Waals surface area contributed by atoms with E-state index in [-0.39, 0.29) is 0 Å². The highest BCUT2D eigenvalue weighted by Gasteiger charge is 2.29. The maximum Gasteiger partial charge on any atom is 0.0329 e. The zero-order chi connectivity index (χ0) is 10.4. The summed E-state index contributed by atoms with van der Waals surface area (Å²) in [7, 11) is 0. The molecule has 1 nitrogen and oxygen atoms in total. The quantitative estimate of drug-likeness (QED) is 0.680. The first-order valence-corrected chi connectivity index (χ1v) is 6.10. The van der Waals surface area contributed by atoms with Gasteiger partial charge in [0.1, 0.15) is 0 Å². The van der Waals surface area contributed by atoms with Crippen molar-refractivity contribution in [2.45, 2.75) is 45.7 Å². The van der Waals surface area contributed by atoms with Crippen molar-refractivity contribution in [2.75, 3.05) is 0 Å². The van der Waals surface area contributed by atoms with Crippen molar-refractivity contribution in [1.29, 1.82) is 0 Å². The van der Waals surface area contributed by atoms with Gasteiger partial charge in [-0.3, -0.25) is 0 Å². The van der Waals surface area contributed by atoms with Crippen LogP contribution in [0.25, 0.3) is 0 Å². The molecule has 0 amide bonds. The van der Waals surface area contributed by atoms with E-state index < -0.39 is 0 Å². The monoisotopic (exact) mass is 201 g/mol. The first kappa shape index (κ1) is 9.41. The van der Waals surface area contributed by atoms with Gasteiger partial charge in [0.05, 0.1) is 0 Å². The van der Waals surface area contributed by atoms with E-state index in [0.29, 0.717) is 6.04 Å². The molecule has 1 heteroatoms. The minimum Gasteiger partial charge on any atom is -0.306 e. The Labute approximate surface area is 91.9 Å². The van der Waals surface area contributed by atoms with Gasteiger partial charge in [-0.1, -0.05) is 19.1 Å². The smallest absolute Gasteiger partial charge is 0.0329 e. The molecule has 0 saturated heterocycles. The lowest BCUT2D eigenvalue weighted by Crippen LogP contribution is -2.11. The standard InChI is InChI=1S/C14H19N/c1-9-3-6-13-14-11(7-9)5-4-10(2)12(14)8-15-13/h4-5,9,13,15H,3,6-8H2,1-2H3. The van der Waals surface area contributed by atoms with E-state index in [1.165, 1.54) is 24.8 Å². The van der Waals surface area contributed by atoms with Crippen molar-refractivity contribution < 1.29 is 0 Å². The lowest BCUT2D eigenvalue weighted by Gasteiger charge is -2.12. The highest BCUT2D eigenvalue weighted by atomic mass is 14.9. The van der Waals surface area contributed by atoms with Crippen LogP contribution >= 0.6 is 0 Å². The summed E-state index contributed by atoms with van der Waals surface area (Å²) in [4.78, 5) is 0. The first-order valence-electron chi connectivity index (χ1n) is 6.10. The minimum absolute atomic E-state index is 0.653.